The zero-order valence-corrected chi connectivity index (χ0v) is 10.1. The average Bonchev–Trinajstić information content (AvgIpc) is 2.70. The van der Waals surface area contributed by atoms with Crippen molar-refractivity contribution < 1.29 is 18.7 Å². The predicted molar refractivity (Wildman–Crippen MR) is 62.5 cm³/mol. The number of carbonyl (C=O) groups excluding carboxylic acids is 2. The van der Waals surface area contributed by atoms with Gasteiger partial charge in [0.05, 0.1) is 12.2 Å². The smallest absolute Gasteiger partial charge is 0.416 e. The molecule has 96 valence electrons. The van der Waals surface area contributed by atoms with Crippen LogP contribution in [0.3, 0.4) is 0 Å². The second kappa shape index (κ2) is 4.64. The second-order valence-corrected chi connectivity index (χ2v) is 4.06. The van der Waals surface area contributed by atoms with Crippen LogP contribution in [0.2, 0.25) is 0 Å². The Morgan fingerprint density at radius 1 is 1.56 bits per heavy atom. The minimum Gasteiger partial charge on any atom is -0.423 e. The third-order valence-corrected chi connectivity index (χ3v) is 2.84. The van der Waals surface area contributed by atoms with Crippen LogP contribution < -0.4 is 4.90 Å². The lowest BCUT2D eigenvalue weighted by molar-refractivity contribution is -0.134. The molecule has 2 amide bonds. The summed E-state index contributed by atoms with van der Waals surface area (Å²) in [6, 6.07) is 5.67. The summed E-state index contributed by atoms with van der Waals surface area (Å²) in [5.41, 5.74) is 0.416. The normalized spacial score (nSPS) is 18.7. The average molecular weight is 252 g/mol. The minimum atomic E-state index is -0.640. The summed E-state index contributed by atoms with van der Waals surface area (Å²) >= 11 is 0. The van der Waals surface area contributed by atoms with Crippen LogP contribution in [0.5, 0.6) is 0 Å². The van der Waals surface area contributed by atoms with Crippen LogP contribution >= 0.6 is 0 Å². The van der Waals surface area contributed by atoms with E-state index >= 15 is 0 Å². The van der Waals surface area contributed by atoms with Gasteiger partial charge in [-0.25, -0.2) is 9.18 Å². The first kappa shape index (κ1) is 12.3. The highest BCUT2D eigenvalue weighted by Gasteiger charge is 2.35. The largest absolute Gasteiger partial charge is 0.423 e. The summed E-state index contributed by atoms with van der Waals surface area (Å²) < 4.78 is 18.1. The lowest BCUT2D eigenvalue weighted by Gasteiger charge is -2.20. The van der Waals surface area contributed by atoms with Crippen molar-refractivity contribution in [3.8, 4) is 0 Å². The number of anilines is 1. The van der Waals surface area contributed by atoms with Crippen molar-refractivity contribution in [2.45, 2.75) is 13.2 Å². The fourth-order valence-corrected chi connectivity index (χ4v) is 1.71. The number of hydrogen-bond donors (Lipinski definition) is 0. The van der Waals surface area contributed by atoms with Crippen molar-refractivity contribution in [3.63, 3.8) is 0 Å². The third-order valence-electron chi connectivity index (χ3n) is 2.84. The van der Waals surface area contributed by atoms with E-state index in [9.17, 15) is 14.0 Å². The maximum atomic E-state index is 13.1. The summed E-state index contributed by atoms with van der Waals surface area (Å²) in [5.74, 6) is -0.627. The Balaban J connectivity index is 2.17. The molecular weight excluding hydrogens is 239 g/mol. The molecule has 0 aliphatic carbocycles. The summed E-state index contributed by atoms with van der Waals surface area (Å²) in [4.78, 5) is 25.5. The Labute approximate surface area is 104 Å². The number of amides is 2. The Morgan fingerprint density at radius 2 is 2.28 bits per heavy atom. The number of hydrogen-bond acceptors (Lipinski definition) is 3. The predicted octanol–water partition coefficient (Wildman–Crippen LogP) is 1.59. The fraction of sp³-hybridized carbons (Fsp3) is 0.333. The number of halogens is 1. The van der Waals surface area contributed by atoms with Gasteiger partial charge in [-0.15, -0.1) is 0 Å². The molecule has 5 nitrogen and oxygen atoms in total. The van der Waals surface area contributed by atoms with E-state index in [1.54, 1.807) is 13.1 Å². The summed E-state index contributed by atoms with van der Waals surface area (Å²) in [6.07, 6.45) is -1.23. The number of benzene rings is 1. The molecular formula is C12H13FN2O3. The standard InChI is InChI=1S/C12H13FN2O3/c1-8(16)14(2)11-7-15(12(17)18-11)10-5-3-4-9(13)6-10/h3-6,11H,7H2,1-2H3/t11-/m0/s1. The minimum absolute atomic E-state index is 0.193. The lowest BCUT2D eigenvalue weighted by atomic mass is 10.3. The Morgan fingerprint density at radius 3 is 2.89 bits per heavy atom. The molecule has 1 aliphatic rings. The van der Waals surface area contributed by atoms with Crippen molar-refractivity contribution in [2.24, 2.45) is 0 Å². The topological polar surface area (TPSA) is 49.9 Å². The molecule has 0 radical (unpaired) electrons. The van der Waals surface area contributed by atoms with Crippen LogP contribution in [0.1, 0.15) is 6.92 Å². The van der Waals surface area contributed by atoms with E-state index in [4.69, 9.17) is 4.74 Å². The zero-order chi connectivity index (χ0) is 13.3. The Hall–Kier alpha value is -2.11. The molecule has 1 aromatic rings. The molecule has 1 fully saturated rings. The number of carbonyl (C=O) groups is 2. The summed E-state index contributed by atoms with van der Waals surface area (Å²) in [6.45, 7) is 1.58. The zero-order valence-electron chi connectivity index (χ0n) is 10.1. The van der Waals surface area contributed by atoms with Gasteiger partial charge >= 0.3 is 6.09 Å². The number of cyclic esters (lactones) is 1. The van der Waals surface area contributed by atoms with Gasteiger partial charge in [-0.3, -0.25) is 9.69 Å². The summed E-state index contributed by atoms with van der Waals surface area (Å²) in [7, 11) is 1.55. The first-order chi connectivity index (χ1) is 8.49. The molecule has 1 atom stereocenters. The van der Waals surface area contributed by atoms with Crippen LogP contribution in [0, 0.1) is 5.82 Å². The van der Waals surface area contributed by atoms with Crippen molar-refractivity contribution in [3.05, 3.63) is 30.1 Å². The molecule has 6 heteroatoms. The number of rotatable bonds is 2. The fourth-order valence-electron chi connectivity index (χ4n) is 1.71. The van der Waals surface area contributed by atoms with E-state index < -0.39 is 18.1 Å². The molecule has 1 saturated heterocycles. The Kier molecular flexibility index (Phi) is 3.18. The molecule has 18 heavy (non-hydrogen) atoms. The van der Waals surface area contributed by atoms with Gasteiger partial charge in [-0.05, 0) is 18.2 Å². The van der Waals surface area contributed by atoms with Gasteiger partial charge in [0.15, 0.2) is 6.23 Å². The Bertz CT molecular complexity index is 492. The first-order valence-corrected chi connectivity index (χ1v) is 5.46. The van der Waals surface area contributed by atoms with Gasteiger partial charge in [0, 0.05) is 14.0 Å². The molecule has 0 saturated carbocycles. The highest BCUT2D eigenvalue weighted by atomic mass is 19.1. The molecule has 0 N–H and O–H groups in total. The molecule has 1 aliphatic heterocycles. The first-order valence-electron chi connectivity index (χ1n) is 5.46. The second-order valence-electron chi connectivity index (χ2n) is 4.06. The van der Waals surface area contributed by atoms with Crippen molar-refractivity contribution in [2.75, 3.05) is 18.5 Å². The third kappa shape index (κ3) is 2.27. The van der Waals surface area contributed by atoms with Crippen LogP contribution in [-0.2, 0) is 9.53 Å². The highest BCUT2D eigenvalue weighted by Crippen LogP contribution is 2.23. The number of likely N-dealkylation sites (N-methyl/N-ethyl adjacent to an activating group) is 1. The maximum Gasteiger partial charge on any atom is 0.416 e. The SMILES string of the molecule is CC(=O)N(C)[C@@H]1CN(c2cccc(F)c2)C(=O)O1. The van der Waals surface area contributed by atoms with Crippen molar-refractivity contribution in [1.82, 2.24) is 4.90 Å². The van der Waals surface area contributed by atoms with Crippen LogP contribution in [0.15, 0.2) is 24.3 Å². The quantitative estimate of drug-likeness (QED) is 0.803. The molecule has 1 heterocycles. The van der Waals surface area contributed by atoms with E-state index in [-0.39, 0.29) is 12.5 Å². The monoisotopic (exact) mass is 252 g/mol. The summed E-state index contributed by atoms with van der Waals surface area (Å²) in [5, 5.41) is 0. The molecule has 0 aromatic heterocycles. The molecule has 0 unspecified atom stereocenters. The number of nitrogens with zero attached hydrogens (tertiary/aromatic N) is 2. The van der Waals surface area contributed by atoms with E-state index in [0.29, 0.717) is 5.69 Å². The lowest BCUT2D eigenvalue weighted by Crippen LogP contribution is -2.38. The van der Waals surface area contributed by atoms with E-state index in [0.717, 1.165) is 0 Å². The van der Waals surface area contributed by atoms with Crippen LogP contribution in [0.25, 0.3) is 0 Å². The molecule has 0 bridgehead atoms. The van der Waals surface area contributed by atoms with Gasteiger partial charge in [0.25, 0.3) is 0 Å². The maximum absolute atomic E-state index is 13.1. The van der Waals surface area contributed by atoms with Gasteiger partial charge in [-0.2, -0.15) is 0 Å². The van der Waals surface area contributed by atoms with Crippen LogP contribution in [-0.4, -0.2) is 36.7 Å². The van der Waals surface area contributed by atoms with Crippen LogP contribution in [0.4, 0.5) is 14.9 Å². The van der Waals surface area contributed by atoms with E-state index in [1.165, 1.54) is 34.9 Å². The van der Waals surface area contributed by atoms with Gasteiger partial charge in [-0.1, -0.05) is 6.07 Å². The molecule has 2 rings (SSSR count). The van der Waals surface area contributed by atoms with Gasteiger partial charge in [0.1, 0.15) is 5.82 Å². The number of ether oxygens (including phenoxy) is 1. The van der Waals surface area contributed by atoms with Crippen molar-refractivity contribution in [1.29, 1.82) is 0 Å². The van der Waals surface area contributed by atoms with E-state index in [1.807, 2.05) is 0 Å². The highest BCUT2D eigenvalue weighted by molar-refractivity contribution is 5.90. The van der Waals surface area contributed by atoms with Crippen molar-refractivity contribution >= 4 is 17.7 Å². The van der Waals surface area contributed by atoms with E-state index in [2.05, 4.69) is 0 Å². The molecule has 1 aromatic carbocycles. The molecule has 0 spiro atoms. The van der Waals surface area contributed by atoms with Gasteiger partial charge < -0.3 is 9.64 Å². The van der Waals surface area contributed by atoms with Gasteiger partial charge in [0.2, 0.25) is 5.91 Å².